The van der Waals surface area contributed by atoms with Gasteiger partial charge in [-0.3, -0.25) is 4.79 Å². The lowest BCUT2D eigenvalue weighted by molar-refractivity contribution is -0.163. The van der Waals surface area contributed by atoms with Crippen LogP contribution in [-0.4, -0.2) is 48.4 Å². The molecule has 118 valence electrons. The molecule has 1 aromatic carbocycles. The van der Waals surface area contributed by atoms with Crippen molar-refractivity contribution in [1.29, 1.82) is 0 Å². The molecule has 21 heavy (non-hydrogen) atoms. The van der Waals surface area contributed by atoms with Crippen molar-refractivity contribution < 1.29 is 27.8 Å². The number of amides is 1. The lowest BCUT2D eigenvalue weighted by Gasteiger charge is -2.23. The van der Waals surface area contributed by atoms with Gasteiger partial charge in [-0.2, -0.15) is 13.2 Å². The number of ether oxygens (including phenoxy) is 1. The lowest BCUT2D eigenvalue weighted by atomic mass is 10.2. The Balaban J connectivity index is 2.64. The van der Waals surface area contributed by atoms with Crippen LogP contribution in [0.3, 0.4) is 0 Å². The number of hydrogen-bond donors (Lipinski definition) is 1. The number of benzene rings is 1. The van der Waals surface area contributed by atoms with Crippen molar-refractivity contribution in [3.05, 3.63) is 28.8 Å². The molecular weight excluding hydrogens is 311 g/mol. The average Bonchev–Trinajstić information content (AvgIpc) is 2.35. The maximum atomic E-state index is 12.3. The number of hydrogen-bond acceptors (Lipinski definition) is 3. The number of carbonyl (C=O) groups is 1. The highest BCUT2D eigenvalue weighted by Crippen LogP contribution is 2.22. The van der Waals surface area contributed by atoms with Crippen LogP contribution in [0.25, 0.3) is 0 Å². The van der Waals surface area contributed by atoms with Crippen molar-refractivity contribution in [2.24, 2.45) is 0 Å². The van der Waals surface area contributed by atoms with Crippen molar-refractivity contribution >= 4 is 17.5 Å². The Labute approximate surface area is 125 Å². The molecule has 0 heterocycles. The highest BCUT2D eigenvalue weighted by Gasteiger charge is 2.32. The average molecular weight is 326 g/mol. The fraction of sp³-hybridized carbons (Fsp3) is 0.462. The van der Waals surface area contributed by atoms with Gasteiger partial charge in [0.05, 0.1) is 6.61 Å². The van der Waals surface area contributed by atoms with Crippen molar-refractivity contribution in [3.8, 4) is 5.75 Å². The molecule has 0 aliphatic heterocycles. The number of aryl methyl sites for hydroxylation is 1. The molecule has 0 aromatic heterocycles. The van der Waals surface area contributed by atoms with Gasteiger partial charge in [-0.1, -0.05) is 11.6 Å². The second kappa shape index (κ2) is 7.51. The Morgan fingerprint density at radius 2 is 2.10 bits per heavy atom. The second-order valence-electron chi connectivity index (χ2n) is 4.35. The van der Waals surface area contributed by atoms with Crippen LogP contribution in [0.4, 0.5) is 13.2 Å². The molecule has 1 rings (SSSR count). The summed E-state index contributed by atoms with van der Waals surface area (Å²) >= 11 is 5.76. The van der Waals surface area contributed by atoms with Gasteiger partial charge in [-0.05, 0) is 30.7 Å². The van der Waals surface area contributed by atoms with E-state index in [-0.39, 0.29) is 0 Å². The van der Waals surface area contributed by atoms with E-state index in [1.54, 1.807) is 19.1 Å². The second-order valence-corrected chi connectivity index (χ2v) is 4.79. The first-order valence-electron chi connectivity index (χ1n) is 6.07. The van der Waals surface area contributed by atoms with Crippen molar-refractivity contribution in [3.63, 3.8) is 0 Å². The summed E-state index contributed by atoms with van der Waals surface area (Å²) in [6.45, 7) is -1.22. The zero-order valence-electron chi connectivity index (χ0n) is 11.3. The molecule has 0 fully saturated rings. The number of rotatable bonds is 6. The van der Waals surface area contributed by atoms with Gasteiger partial charge in [0.25, 0.3) is 5.91 Å². The summed E-state index contributed by atoms with van der Waals surface area (Å²) in [7, 11) is 0. The molecule has 1 N–H and O–H groups in total. The number of nitrogens with zero attached hydrogens (tertiary/aromatic N) is 1. The first-order valence-corrected chi connectivity index (χ1v) is 6.45. The van der Waals surface area contributed by atoms with Crippen LogP contribution in [0.1, 0.15) is 5.56 Å². The van der Waals surface area contributed by atoms with E-state index in [4.69, 9.17) is 21.4 Å². The number of halogens is 4. The lowest BCUT2D eigenvalue weighted by Crippen LogP contribution is -2.42. The SMILES string of the molecule is Cc1cc(Cl)ccc1OCC(=O)N(CCO)CC(F)(F)F. The summed E-state index contributed by atoms with van der Waals surface area (Å²) in [5, 5.41) is 9.22. The summed E-state index contributed by atoms with van der Waals surface area (Å²) in [5.74, 6) is -0.487. The maximum Gasteiger partial charge on any atom is 0.406 e. The Hall–Kier alpha value is -1.47. The van der Waals surface area contributed by atoms with Crippen LogP contribution in [0.15, 0.2) is 18.2 Å². The van der Waals surface area contributed by atoms with Gasteiger partial charge in [-0.25, -0.2) is 0 Å². The van der Waals surface area contributed by atoms with Crippen LogP contribution in [0.2, 0.25) is 5.02 Å². The van der Waals surface area contributed by atoms with Gasteiger partial charge in [0, 0.05) is 11.6 Å². The third-order valence-electron chi connectivity index (χ3n) is 2.58. The van der Waals surface area contributed by atoms with E-state index in [1.165, 1.54) is 6.07 Å². The minimum atomic E-state index is -4.53. The number of carbonyl (C=O) groups excluding carboxylic acids is 1. The largest absolute Gasteiger partial charge is 0.483 e. The van der Waals surface area contributed by atoms with E-state index in [1.807, 2.05) is 0 Å². The van der Waals surface area contributed by atoms with E-state index in [0.29, 0.717) is 21.2 Å². The summed E-state index contributed by atoms with van der Waals surface area (Å²) in [4.78, 5) is 12.2. The Morgan fingerprint density at radius 3 is 2.62 bits per heavy atom. The van der Waals surface area contributed by atoms with E-state index in [9.17, 15) is 18.0 Å². The third-order valence-corrected chi connectivity index (χ3v) is 2.82. The third kappa shape index (κ3) is 6.22. The molecule has 0 saturated heterocycles. The number of aliphatic hydroxyl groups excluding tert-OH is 1. The van der Waals surface area contributed by atoms with Crippen LogP contribution in [0.5, 0.6) is 5.75 Å². The molecule has 0 spiro atoms. The van der Waals surface area contributed by atoms with E-state index < -0.39 is 38.4 Å². The van der Waals surface area contributed by atoms with Crippen molar-refractivity contribution in [2.75, 3.05) is 26.3 Å². The van der Waals surface area contributed by atoms with Crippen LogP contribution in [-0.2, 0) is 4.79 Å². The van der Waals surface area contributed by atoms with Gasteiger partial charge in [-0.15, -0.1) is 0 Å². The smallest absolute Gasteiger partial charge is 0.406 e. The molecule has 0 saturated carbocycles. The Morgan fingerprint density at radius 1 is 1.43 bits per heavy atom. The molecule has 0 aliphatic rings. The molecule has 0 unspecified atom stereocenters. The van der Waals surface area contributed by atoms with Gasteiger partial charge >= 0.3 is 6.18 Å². The molecule has 1 aromatic rings. The molecular formula is C13H15ClF3NO3. The number of alkyl halides is 3. The first-order chi connectivity index (χ1) is 9.73. The standard InChI is InChI=1S/C13H15ClF3NO3/c1-9-6-10(14)2-3-11(9)21-7-12(20)18(4-5-19)8-13(15,16)17/h2-3,6,19H,4-5,7-8H2,1H3. The van der Waals surface area contributed by atoms with E-state index in [0.717, 1.165) is 0 Å². The summed E-state index contributed by atoms with van der Waals surface area (Å²) in [6.07, 6.45) is -4.53. The topological polar surface area (TPSA) is 49.8 Å². The fourth-order valence-electron chi connectivity index (χ4n) is 1.63. The van der Waals surface area contributed by atoms with E-state index >= 15 is 0 Å². The molecule has 0 atom stereocenters. The van der Waals surface area contributed by atoms with Gasteiger partial charge < -0.3 is 14.7 Å². The zero-order chi connectivity index (χ0) is 16.0. The number of aliphatic hydroxyl groups is 1. The van der Waals surface area contributed by atoms with Gasteiger partial charge in [0.15, 0.2) is 6.61 Å². The zero-order valence-corrected chi connectivity index (χ0v) is 12.0. The van der Waals surface area contributed by atoms with Crippen molar-refractivity contribution in [1.82, 2.24) is 4.90 Å². The normalized spacial score (nSPS) is 11.3. The minimum Gasteiger partial charge on any atom is -0.483 e. The molecule has 0 aliphatic carbocycles. The molecule has 1 amide bonds. The molecule has 4 nitrogen and oxygen atoms in total. The van der Waals surface area contributed by atoms with Crippen LogP contribution in [0, 0.1) is 6.92 Å². The first kappa shape index (κ1) is 17.6. The molecule has 8 heteroatoms. The predicted octanol–water partition coefficient (Wildman–Crippen LogP) is 2.41. The van der Waals surface area contributed by atoms with Gasteiger partial charge in [0.2, 0.25) is 0 Å². The fourth-order valence-corrected chi connectivity index (χ4v) is 1.86. The predicted molar refractivity (Wildman–Crippen MR) is 71.4 cm³/mol. The van der Waals surface area contributed by atoms with Crippen molar-refractivity contribution in [2.45, 2.75) is 13.1 Å². The monoisotopic (exact) mass is 325 g/mol. The summed E-state index contributed by atoms with van der Waals surface area (Å²) in [5.41, 5.74) is 0.667. The van der Waals surface area contributed by atoms with Crippen LogP contribution >= 0.6 is 11.6 Å². The molecule has 0 bridgehead atoms. The summed E-state index contributed by atoms with van der Waals surface area (Å²) in [6, 6.07) is 4.70. The van der Waals surface area contributed by atoms with Gasteiger partial charge in [0.1, 0.15) is 12.3 Å². The molecule has 0 radical (unpaired) electrons. The Bertz CT molecular complexity index is 494. The summed E-state index contributed by atoms with van der Waals surface area (Å²) < 4.78 is 42.2. The minimum absolute atomic E-state index is 0.365. The quantitative estimate of drug-likeness (QED) is 0.874. The highest BCUT2D eigenvalue weighted by atomic mass is 35.5. The van der Waals surface area contributed by atoms with Crippen LogP contribution < -0.4 is 4.74 Å². The Kier molecular flexibility index (Phi) is 6.29. The maximum absolute atomic E-state index is 12.3. The highest BCUT2D eigenvalue weighted by molar-refractivity contribution is 6.30. The van der Waals surface area contributed by atoms with E-state index in [2.05, 4.69) is 0 Å².